The molecule has 1 amide bonds. The number of amides is 1. The van der Waals surface area contributed by atoms with E-state index in [1.54, 1.807) is 17.8 Å². The predicted molar refractivity (Wildman–Crippen MR) is 102 cm³/mol. The Morgan fingerprint density at radius 3 is 2.60 bits per heavy atom. The minimum Gasteiger partial charge on any atom is -0.478 e. The van der Waals surface area contributed by atoms with Crippen LogP contribution in [0.25, 0.3) is 0 Å². The Bertz CT molecular complexity index is 755. The van der Waals surface area contributed by atoms with E-state index in [9.17, 15) is 9.59 Å². The van der Waals surface area contributed by atoms with Crippen molar-refractivity contribution < 1.29 is 19.1 Å². The van der Waals surface area contributed by atoms with Gasteiger partial charge in [-0.1, -0.05) is 12.1 Å². The van der Waals surface area contributed by atoms with Crippen LogP contribution in [-0.4, -0.2) is 34.5 Å². The van der Waals surface area contributed by atoms with Crippen molar-refractivity contribution in [1.29, 1.82) is 0 Å². The van der Waals surface area contributed by atoms with Gasteiger partial charge in [-0.2, -0.15) is 11.8 Å². The van der Waals surface area contributed by atoms with Crippen molar-refractivity contribution in [3.63, 3.8) is 0 Å². The summed E-state index contributed by atoms with van der Waals surface area (Å²) < 4.78 is 5.21. The minimum absolute atomic E-state index is 0.0394. The molecule has 0 bridgehead atoms. The zero-order chi connectivity index (χ0) is 18.4. The van der Waals surface area contributed by atoms with E-state index in [2.05, 4.69) is 19.2 Å². The van der Waals surface area contributed by atoms with Crippen molar-refractivity contribution in [2.24, 2.45) is 0 Å². The summed E-state index contributed by atoms with van der Waals surface area (Å²) in [5, 5.41) is 12.1. The van der Waals surface area contributed by atoms with Gasteiger partial charge in [0.2, 0.25) is 0 Å². The van der Waals surface area contributed by atoms with Crippen LogP contribution in [0.3, 0.4) is 0 Å². The smallest absolute Gasteiger partial charge is 0.339 e. The van der Waals surface area contributed by atoms with Gasteiger partial charge >= 0.3 is 5.97 Å². The average molecular weight is 380 g/mol. The molecule has 2 N–H and O–H groups in total. The van der Waals surface area contributed by atoms with Crippen LogP contribution < -0.4 is 5.32 Å². The number of hydrogen-bond donors (Lipinski definition) is 2. The lowest BCUT2D eigenvalue weighted by atomic mass is 10.2. The quantitative estimate of drug-likeness (QED) is 0.671. The fraction of sp³-hybridized carbons (Fsp3) is 0.333. The number of nitrogens with one attached hydrogen (secondary N) is 1. The van der Waals surface area contributed by atoms with Crippen molar-refractivity contribution in [2.45, 2.75) is 29.2 Å². The molecule has 2 rings (SSSR count). The fourth-order valence-corrected chi connectivity index (χ4v) is 3.24. The molecule has 7 heteroatoms. The maximum absolute atomic E-state index is 12.5. The Hall–Kier alpha value is -1.86. The van der Waals surface area contributed by atoms with Crippen molar-refractivity contribution in [2.75, 3.05) is 12.8 Å². The number of carboxylic acid groups (broad SMARTS) is 1. The third-order valence-corrected chi connectivity index (χ3v) is 6.02. The number of thioether (sulfide) groups is 2. The van der Waals surface area contributed by atoms with E-state index in [0.717, 1.165) is 4.90 Å². The van der Waals surface area contributed by atoms with Gasteiger partial charge in [-0.3, -0.25) is 4.79 Å². The lowest BCUT2D eigenvalue weighted by Gasteiger charge is -2.22. The molecular weight excluding hydrogens is 358 g/mol. The molecule has 0 atom stereocenters. The number of aromatic carboxylic acids is 1. The number of carbonyl (C=O) groups excluding carboxylic acids is 1. The van der Waals surface area contributed by atoms with E-state index in [1.165, 1.54) is 24.1 Å². The molecule has 0 unspecified atom stereocenters. The topological polar surface area (TPSA) is 79.5 Å². The maximum Gasteiger partial charge on any atom is 0.339 e. The summed E-state index contributed by atoms with van der Waals surface area (Å²) >= 11 is 3.07. The van der Waals surface area contributed by atoms with Gasteiger partial charge in [0.1, 0.15) is 11.3 Å². The van der Waals surface area contributed by atoms with Gasteiger partial charge in [0.25, 0.3) is 5.91 Å². The highest BCUT2D eigenvalue weighted by molar-refractivity contribution is 8.00. The van der Waals surface area contributed by atoms with Gasteiger partial charge in [-0.05, 0) is 38.3 Å². The first-order valence-electron chi connectivity index (χ1n) is 7.69. The van der Waals surface area contributed by atoms with Crippen LogP contribution in [0.2, 0.25) is 0 Å². The van der Waals surface area contributed by atoms with Crippen LogP contribution in [0.5, 0.6) is 0 Å². The highest BCUT2D eigenvalue weighted by Gasteiger charge is 2.19. The van der Waals surface area contributed by atoms with Crippen molar-refractivity contribution in [3.05, 3.63) is 53.5 Å². The third kappa shape index (κ3) is 5.31. The molecule has 1 heterocycles. The highest BCUT2D eigenvalue weighted by Crippen LogP contribution is 2.28. The molecule has 25 heavy (non-hydrogen) atoms. The van der Waals surface area contributed by atoms with Crippen molar-refractivity contribution >= 4 is 35.4 Å². The van der Waals surface area contributed by atoms with E-state index in [-0.39, 0.29) is 16.2 Å². The van der Waals surface area contributed by atoms with Crippen molar-refractivity contribution in [3.8, 4) is 0 Å². The zero-order valence-corrected chi connectivity index (χ0v) is 16.0. The minimum atomic E-state index is -1.02. The van der Waals surface area contributed by atoms with Gasteiger partial charge < -0.3 is 14.8 Å². The Morgan fingerprint density at radius 1 is 1.20 bits per heavy atom. The summed E-state index contributed by atoms with van der Waals surface area (Å²) in [6.07, 6.45) is 3.38. The zero-order valence-electron chi connectivity index (χ0n) is 14.4. The van der Waals surface area contributed by atoms with E-state index in [4.69, 9.17) is 9.52 Å². The first-order chi connectivity index (χ1) is 11.8. The molecule has 0 aliphatic carbocycles. The summed E-state index contributed by atoms with van der Waals surface area (Å²) in [4.78, 5) is 24.4. The largest absolute Gasteiger partial charge is 0.478 e. The summed E-state index contributed by atoms with van der Waals surface area (Å²) in [5.74, 6) is -0.427. The van der Waals surface area contributed by atoms with E-state index >= 15 is 0 Å². The van der Waals surface area contributed by atoms with Crippen LogP contribution >= 0.6 is 23.5 Å². The Kier molecular flexibility index (Phi) is 6.61. The van der Waals surface area contributed by atoms with Gasteiger partial charge in [0.15, 0.2) is 0 Å². The van der Waals surface area contributed by atoms with Crippen molar-refractivity contribution in [1.82, 2.24) is 5.32 Å². The standard InChI is InChI=1S/C18H21NO4S2/c1-18(2,24-3)11-19-16(20)13-6-4-5-7-15(13)25-10-14-12(17(21)22)8-9-23-14/h4-9H,10-11H2,1-3H3,(H,19,20)(H,21,22). The molecule has 134 valence electrons. The number of furan rings is 1. The molecule has 0 aliphatic heterocycles. The molecule has 0 radical (unpaired) electrons. The predicted octanol–water partition coefficient (Wildman–Crippen LogP) is 4.14. The molecule has 1 aromatic heterocycles. The second-order valence-corrected chi connectivity index (χ2v) is 8.52. The second-order valence-electron chi connectivity index (χ2n) is 5.99. The van der Waals surface area contributed by atoms with Gasteiger partial charge in [-0.25, -0.2) is 4.79 Å². The highest BCUT2D eigenvalue weighted by atomic mass is 32.2. The number of rotatable bonds is 8. The third-order valence-electron chi connectivity index (χ3n) is 3.69. The molecule has 0 saturated heterocycles. The molecule has 1 aromatic carbocycles. The molecule has 0 fully saturated rings. The fourth-order valence-electron chi connectivity index (χ4n) is 2.03. The lowest BCUT2D eigenvalue weighted by molar-refractivity contribution is 0.0694. The summed E-state index contributed by atoms with van der Waals surface area (Å²) in [6.45, 7) is 4.71. The van der Waals surface area contributed by atoms with E-state index < -0.39 is 5.97 Å². The van der Waals surface area contributed by atoms with Crippen LogP contribution in [0.4, 0.5) is 0 Å². The SMILES string of the molecule is CSC(C)(C)CNC(=O)c1ccccc1SCc1occc1C(=O)O. The second kappa shape index (κ2) is 8.49. The number of benzene rings is 1. The van der Waals surface area contributed by atoms with Crippen LogP contribution in [0.15, 0.2) is 45.9 Å². The molecule has 2 aromatic rings. The van der Waals surface area contributed by atoms with Gasteiger partial charge in [0.05, 0.1) is 17.6 Å². The van der Waals surface area contributed by atoms with Crippen LogP contribution in [0.1, 0.15) is 40.3 Å². The monoisotopic (exact) mass is 379 g/mol. The normalized spacial score (nSPS) is 11.3. The Morgan fingerprint density at radius 2 is 1.92 bits per heavy atom. The first kappa shape index (κ1) is 19.5. The van der Waals surface area contributed by atoms with Gasteiger partial charge in [-0.15, -0.1) is 11.8 Å². The number of hydrogen-bond acceptors (Lipinski definition) is 5. The molecule has 0 aliphatic rings. The number of carbonyl (C=O) groups is 2. The average Bonchev–Trinajstić information content (AvgIpc) is 3.07. The maximum atomic E-state index is 12.5. The molecule has 0 saturated carbocycles. The van der Waals surface area contributed by atoms with E-state index in [0.29, 0.717) is 23.6 Å². The van der Waals surface area contributed by atoms with Crippen LogP contribution in [-0.2, 0) is 5.75 Å². The summed E-state index contributed by atoms with van der Waals surface area (Å²) in [5.41, 5.74) is 0.726. The van der Waals surface area contributed by atoms with E-state index in [1.807, 2.05) is 24.5 Å². The first-order valence-corrected chi connectivity index (χ1v) is 9.90. The molecule has 5 nitrogen and oxygen atoms in total. The summed E-state index contributed by atoms with van der Waals surface area (Å²) in [6, 6.07) is 8.72. The lowest BCUT2D eigenvalue weighted by Crippen LogP contribution is -2.36. The number of carboxylic acids is 1. The Labute approximate surface area is 155 Å². The summed E-state index contributed by atoms with van der Waals surface area (Å²) in [7, 11) is 0. The van der Waals surface area contributed by atoms with Gasteiger partial charge in [0, 0.05) is 16.2 Å². The Balaban J connectivity index is 2.08. The molecule has 0 spiro atoms. The molecular formula is C18H21NO4S2. The van der Waals surface area contributed by atoms with Crippen LogP contribution in [0, 0.1) is 0 Å².